The van der Waals surface area contributed by atoms with Crippen LogP contribution in [0, 0.1) is 11.6 Å². The number of piperazine rings is 1. The molecule has 0 spiro atoms. The van der Waals surface area contributed by atoms with Gasteiger partial charge in [0.15, 0.2) is 11.6 Å². The summed E-state index contributed by atoms with van der Waals surface area (Å²) in [7, 11) is 0. The molecule has 8 heteroatoms. The first-order valence-corrected chi connectivity index (χ1v) is 10.4. The second-order valence-corrected chi connectivity index (χ2v) is 8.23. The van der Waals surface area contributed by atoms with Gasteiger partial charge in [-0.15, -0.1) is 0 Å². The van der Waals surface area contributed by atoms with Gasteiger partial charge in [-0.3, -0.25) is 4.90 Å². The highest BCUT2D eigenvalue weighted by atomic mass is 35.5. The molecule has 0 radical (unpaired) electrons. The van der Waals surface area contributed by atoms with E-state index >= 15 is 0 Å². The van der Waals surface area contributed by atoms with Crippen molar-refractivity contribution in [3.63, 3.8) is 0 Å². The third-order valence-electron chi connectivity index (χ3n) is 5.64. The Morgan fingerprint density at radius 3 is 2.16 bits per heavy atom. The van der Waals surface area contributed by atoms with Gasteiger partial charge < -0.3 is 4.90 Å². The Morgan fingerprint density at radius 2 is 1.53 bits per heavy atom. The van der Waals surface area contributed by atoms with Gasteiger partial charge in [-0.2, -0.15) is 13.2 Å². The minimum absolute atomic E-state index is 0.150. The number of rotatable bonds is 4. The molecule has 0 saturated carbocycles. The van der Waals surface area contributed by atoms with Crippen molar-refractivity contribution >= 4 is 17.3 Å². The molecule has 168 valence electrons. The van der Waals surface area contributed by atoms with Crippen LogP contribution in [0.1, 0.15) is 22.7 Å². The Kier molecular flexibility index (Phi) is 6.40. The highest BCUT2D eigenvalue weighted by Gasteiger charge is 2.32. The number of benzene rings is 3. The average molecular weight is 467 g/mol. The molecule has 1 saturated heterocycles. The topological polar surface area (TPSA) is 6.48 Å². The molecule has 3 aromatic rings. The molecule has 3 aromatic carbocycles. The van der Waals surface area contributed by atoms with Crippen molar-refractivity contribution < 1.29 is 22.0 Å². The molecule has 1 atom stereocenters. The van der Waals surface area contributed by atoms with Crippen LogP contribution in [0.2, 0.25) is 5.02 Å². The molecular weight excluding hydrogens is 447 g/mol. The van der Waals surface area contributed by atoms with E-state index in [0.717, 1.165) is 23.8 Å². The number of hydrogen-bond donors (Lipinski definition) is 0. The van der Waals surface area contributed by atoms with Crippen molar-refractivity contribution in [3.8, 4) is 0 Å². The quantitative estimate of drug-likeness (QED) is 0.395. The fourth-order valence-corrected chi connectivity index (χ4v) is 4.13. The van der Waals surface area contributed by atoms with E-state index in [1.165, 1.54) is 18.2 Å². The standard InChI is InChI=1S/C24H20ClF5N2/c25-19-6-2-17(3-7-19)23-15-31(14-16-1-10-21(26)22(27)13-16)11-12-32(23)20-8-4-18(5-9-20)24(28,29)30/h1-10,13,23H,11-12,14-15H2. The molecule has 0 amide bonds. The summed E-state index contributed by atoms with van der Waals surface area (Å²) < 4.78 is 65.8. The fraction of sp³-hybridized carbons (Fsp3) is 0.250. The van der Waals surface area contributed by atoms with E-state index in [9.17, 15) is 22.0 Å². The molecule has 4 rings (SSSR count). The third kappa shape index (κ3) is 5.05. The van der Waals surface area contributed by atoms with Gasteiger partial charge in [-0.25, -0.2) is 8.78 Å². The summed E-state index contributed by atoms with van der Waals surface area (Å²) in [6, 6.07) is 16.2. The van der Waals surface area contributed by atoms with Crippen molar-refractivity contribution in [2.45, 2.75) is 18.8 Å². The van der Waals surface area contributed by atoms with E-state index in [1.807, 2.05) is 12.1 Å². The van der Waals surface area contributed by atoms with Gasteiger partial charge in [0.05, 0.1) is 11.6 Å². The molecule has 1 heterocycles. The summed E-state index contributed by atoms with van der Waals surface area (Å²) in [5, 5.41) is 0.587. The van der Waals surface area contributed by atoms with Gasteiger partial charge in [-0.1, -0.05) is 29.8 Å². The van der Waals surface area contributed by atoms with Crippen LogP contribution < -0.4 is 4.90 Å². The van der Waals surface area contributed by atoms with E-state index < -0.39 is 23.4 Å². The van der Waals surface area contributed by atoms with Crippen LogP contribution >= 0.6 is 11.6 Å². The smallest absolute Gasteiger partial charge is 0.362 e. The Balaban J connectivity index is 1.59. The summed E-state index contributed by atoms with van der Waals surface area (Å²) in [5.74, 6) is -1.78. The SMILES string of the molecule is Fc1ccc(CN2CCN(c3ccc(C(F)(F)F)cc3)C(c3ccc(Cl)cc3)C2)cc1F. The monoisotopic (exact) mass is 466 g/mol. The lowest BCUT2D eigenvalue weighted by Crippen LogP contribution is -2.48. The van der Waals surface area contributed by atoms with E-state index in [4.69, 9.17) is 11.6 Å². The normalized spacial score (nSPS) is 17.6. The third-order valence-corrected chi connectivity index (χ3v) is 5.89. The van der Waals surface area contributed by atoms with Gasteiger partial charge in [0.1, 0.15) is 0 Å². The first-order valence-electron chi connectivity index (χ1n) is 10.1. The summed E-state index contributed by atoms with van der Waals surface area (Å²) >= 11 is 6.03. The fourth-order valence-electron chi connectivity index (χ4n) is 4.00. The van der Waals surface area contributed by atoms with Crippen LogP contribution in [0.15, 0.2) is 66.7 Å². The van der Waals surface area contributed by atoms with E-state index in [-0.39, 0.29) is 6.04 Å². The molecule has 1 unspecified atom stereocenters. The zero-order valence-corrected chi connectivity index (χ0v) is 17.7. The van der Waals surface area contributed by atoms with Gasteiger partial charge in [0.25, 0.3) is 0 Å². The highest BCUT2D eigenvalue weighted by Crippen LogP contribution is 2.35. The molecule has 0 aromatic heterocycles. The van der Waals surface area contributed by atoms with E-state index in [2.05, 4.69) is 9.80 Å². The zero-order valence-electron chi connectivity index (χ0n) is 16.9. The first-order chi connectivity index (χ1) is 15.2. The summed E-state index contributed by atoms with van der Waals surface area (Å²) in [5.41, 5.74) is 1.61. The summed E-state index contributed by atoms with van der Waals surface area (Å²) in [6.07, 6.45) is -4.39. The Morgan fingerprint density at radius 1 is 0.844 bits per heavy atom. The van der Waals surface area contributed by atoms with Crippen LogP contribution in [0.25, 0.3) is 0 Å². The molecule has 2 nitrogen and oxygen atoms in total. The maximum atomic E-state index is 13.6. The van der Waals surface area contributed by atoms with Crippen LogP contribution in [0.3, 0.4) is 0 Å². The summed E-state index contributed by atoms with van der Waals surface area (Å²) in [4.78, 5) is 4.18. The van der Waals surface area contributed by atoms with Crippen molar-refractivity contribution in [2.75, 3.05) is 24.5 Å². The minimum atomic E-state index is -4.39. The van der Waals surface area contributed by atoms with Crippen molar-refractivity contribution in [1.82, 2.24) is 4.90 Å². The highest BCUT2D eigenvalue weighted by molar-refractivity contribution is 6.30. The van der Waals surface area contributed by atoms with Crippen molar-refractivity contribution in [3.05, 3.63) is 100 Å². The predicted molar refractivity (Wildman–Crippen MR) is 115 cm³/mol. The number of halogens is 6. The Hall–Kier alpha value is -2.64. The molecule has 32 heavy (non-hydrogen) atoms. The second-order valence-electron chi connectivity index (χ2n) is 7.79. The number of alkyl halides is 3. The molecule has 1 aliphatic heterocycles. The van der Waals surface area contributed by atoms with Crippen LogP contribution in [0.4, 0.5) is 27.6 Å². The Labute approximate surface area is 187 Å². The van der Waals surface area contributed by atoms with E-state index in [1.54, 1.807) is 18.2 Å². The molecule has 0 aliphatic carbocycles. The number of hydrogen-bond acceptors (Lipinski definition) is 2. The maximum Gasteiger partial charge on any atom is 0.416 e. The maximum absolute atomic E-state index is 13.6. The van der Waals surface area contributed by atoms with Crippen molar-refractivity contribution in [1.29, 1.82) is 0 Å². The van der Waals surface area contributed by atoms with Gasteiger partial charge in [0.2, 0.25) is 0 Å². The predicted octanol–water partition coefficient (Wildman–Crippen LogP) is 6.70. The number of anilines is 1. The van der Waals surface area contributed by atoms with Crippen LogP contribution in [0.5, 0.6) is 0 Å². The molecule has 1 fully saturated rings. The van der Waals surface area contributed by atoms with Gasteiger partial charge in [0, 0.05) is 36.9 Å². The zero-order chi connectivity index (χ0) is 22.9. The Bertz CT molecular complexity index is 1070. The largest absolute Gasteiger partial charge is 0.416 e. The molecule has 0 N–H and O–H groups in total. The average Bonchev–Trinajstić information content (AvgIpc) is 2.76. The van der Waals surface area contributed by atoms with Crippen molar-refractivity contribution in [2.24, 2.45) is 0 Å². The van der Waals surface area contributed by atoms with Gasteiger partial charge in [-0.05, 0) is 59.7 Å². The number of nitrogens with zero attached hydrogens (tertiary/aromatic N) is 2. The molecule has 1 aliphatic rings. The van der Waals surface area contributed by atoms with Crippen LogP contribution in [-0.4, -0.2) is 24.5 Å². The minimum Gasteiger partial charge on any atom is -0.362 e. The molecule has 0 bridgehead atoms. The second kappa shape index (κ2) is 9.08. The molecular formula is C24H20ClF5N2. The lowest BCUT2D eigenvalue weighted by Gasteiger charge is -2.43. The lowest BCUT2D eigenvalue weighted by atomic mass is 10.0. The van der Waals surface area contributed by atoms with Crippen LogP contribution in [-0.2, 0) is 12.7 Å². The van der Waals surface area contributed by atoms with E-state index in [0.29, 0.717) is 42.5 Å². The lowest BCUT2D eigenvalue weighted by molar-refractivity contribution is -0.137. The van der Waals surface area contributed by atoms with Gasteiger partial charge >= 0.3 is 6.18 Å². The first kappa shape index (κ1) is 22.6. The summed E-state index contributed by atoms with van der Waals surface area (Å²) in [6.45, 7) is 2.16.